The van der Waals surface area contributed by atoms with E-state index in [0.29, 0.717) is 5.92 Å². The molecule has 3 N–H and O–H groups in total. The van der Waals surface area contributed by atoms with Gasteiger partial charge in [0.2, 0.25) is 0 Å². The van der Waals surface area contributed by atoms with Gasteiger partial charge < -0.3 is 10.7 Å². The molecule has 0 amide bonds. The standard InChI is InChI=1S/C31H38N2/c1-7-10-28(24(6)30-20-15-23(5)33-30)31(32)29(26-16-13-22(4)14-17-26)19-18-25-11-8-9-12-27(25)21(2)3/h7-17,19-21,31,33H,18,32H2,1-6H3/b10-7-,28-24-,29-19-/t31-/m0/s1. The molecule has 0 bridgehead atoms. The van der Waals surface area contributed by atoms with Crippen LogP contribution >= 0.6 is 0 Å². The fourth-order valence-corrected chi connectivity index (χ4v) is 4.36. The normalized spacial score (nSPS) is 14.1. The van der Waals surface area contributed by atoms with Crippen molar-refractivity contribution in [1.29, 1.82) is 0 Å². The SMILES string of the molecule is C/C=C\C(=C(/C)c1ccc(C)[nH]1)[C@H](N)/C(=C\Cc1ccccc1C(C)C)c1ccc(C)cc1. The van der Waals surface area contributed by atoms with Crippen molar-refractivity contribution in [3.63, 3.8) is 0 Å². The Labute approximate surface area is 199 Å². The first-order chi connectivity index (χ1) is 15.8. The zero-order valence-electron chi connectivity index (χ0n) is 20.9. The van der Waals surface area contributed by atoms with E-state index in [-0.39, 0.29) is 6.04 Å². The van der Waals surface area contributed by atoms with Gasteiger partial charge in [0, 0.05) is 11.4 Å². The van der Waals surface area contributed by atoms with Gasteiger partial charge in [-0.05, 0) is 85.6 Å². The minimum Gasteiger partial charge on any atom is -0.359 e. The lowest BCUT2D eigenvalue weighted by Gasteiger charge is -2.21. The Kier molecular flexibility index (Phi) is 8.30. The summed E-state index contributed by atoms with van der Waals surface area (Å²) in [5.74, 6) is 0.489. The van der Waals surface area contributed by atoms with Crippen molar-refractivity contribution >= 4 is 11.1 Å². The summed E-state index contributed by atoms with van der Waals surface area (Å²) in [4.78, 5) is 3.47. The van der Waals surface area contributed by atoms with Crippen LogP contribution in [0.4, 0.5) is 0 Å². The molecular weight excluding hydrogens is 400 g/mol. The van der Waals surface area contributed by atoms with E-state index in [1.54, 1.807) is 0 Å². The van der Waals surface area contributed by atoms with Crippen molar-refractivity contribution < 1.29 is 0 Å². The number of nitrogens with two attached hydrogens (primary N) is 1. The molecule has 2 heteroatoms. The van der Waals surface area contributed by atoms with E-state index in [2.05, 4.69) is 118 Å². The fourth-order valence-electron chi connectivity index (χ4n) is 4.36. The molecule has 1 aromatic heterocycles. The molecule has 3 rings (SSSR count). The summed E-state index contributed by atoms with van der Waals surface area (Å²) in [6, 6.07) is 21.4. The molecule has 33 heavy (non-hydrogen) atoms. The van der Waals surface area contributed by atoms with Gasteiger partial charge in [0.15, 0.2) is 0 Å². The summed E-state index contributed by atoms with van der Waals surface area (Å²) in [7, 11) is 0. The third-order valence-corrected chi connectivity index (χ3v) is 6.29. The molecule has 0 aliphatic carbocycles. The molecule has 0 radical (unpaired) electrons. The zero-order chi connectivity index (χ0) is 24.0. The maximum atomic E-state index is 7.03. The average Bonchev–Trinajstić information content (AvgIpc) is 3.24. The number of aryl methyl sites for hydroxylation is 2. The first-order valence-electron chi connectivity index (χ1n) is 11.9. The fraction of sp³-hybridized carbons (Fsp3) is 0.290. The largest absolute Gasteiger partial charge is 0.359 e. The number of hydrogen-bond donors (Lipinski definition) is 2. The number of aromatic nitrogens is 1. The summed E-state index contributed by atoms with van der Waals surface area (Å²) in [6.45, 7) is 12.9. The number of benzene rings is 2. The molecule has 0 aliphatic heterocycles. The molecule has 2 aromatic carbocycles. The van der Waals surface area contributed by atoms with Crippen LogP contribution in [0.5, 0.6) is 0 Å². The maximum Gasteiger partial charge on any atom is 0.0557 e. The second-order valence-corrected chi connectivity index (χ2v) is 9.20. The van der Waals surface area contributed by atoms with Gasteiger partial charge in [0.25, 0.3) is 0 Å². The highest BCUT2D eigenvalue weighted by Crippen LogP contribution is 2.30. The van der Waals surface area contributed by atoms with E-state index < -0.39 is 0 Å². The first kappa shape index (κ1) is 24.5. The predicted molar refractivity (Wildman–Crippen MR) is 144 cm³/mol. The number of hydrogen-bond acceptors (Lipinski definition) is 1. The Morgan fingerprint density at radius 3 is 2.27 bits per heavy atom. The summed E-state index contributed by atoms with van der Waals surface area (Å²) < 4.78 is 0. The van der Waals surface area contributed by atoms with Crippen LogP contribution in [0, 0.1) is 13.8 Å². The van der Waals surface area contributed by atoms with Crippen molar-refractivity contribution in [3.05, 3.63) is 118 Å². The van der Waals surface area contributed by atoms with Crippen molar-refractivity contribution in [1.82, 2.24) is 4.98 Å². The Morgan fingerprint density at radius 2 is 1.67 bits per heavy atom. The molecule has 0 saturated heterocycles. The van der Waals surface area contributed by atoms with Crippen LogP contribution < -0.4 is 5.73 Å². The first-order valence-corrected chi connectivity index (χ1v) is 11.9. The van der Waals surface area contributed by atoms with Crippen molar-refractivity contribution in [2.75, 3.05) is 0 Å². The van der Waals surface area contributed by atoms with Crippen LogP contribution in [0.2, 0.25) is 0 Å². The van der Waals surface area contributed by atoms with Gasteiger partial charge in [0.1, 0.15) is 0 Å². The molecule has 0 spiro atoms. The summed E-state index contributed by atoms with van der Waals surface area (Å²) in [6.07, 6.45) is 7.41. The van der Waals surface area contributed by atoms with Crippen LogP contribution in [0.1, 0.15) is 67.3 Å². The Bertz CT molecular complexity index is 1150. The molecule has 0 fully saturated rings. The van der Waals surface area contributed by atoms with E-state index in [1.807, 2.05) is 6.92 Å². The van der Waals surface area contributed by atoms with Crippen molar-refractivity contribution in [2.45, 2.75) is 59.9 Å². The smallest absolute Gasteiger partial charge is 0.0557 e. The highest BCUT2D eigenvalue weighted by atomic mass is 14.7. The lowest BCUT2D eigenvalue weighted by atomic mass is 9.87. The summed E-state index contributed by atoms with van der Waals surface area (Å²) >= 11 is 0. The van der Waals surface area contributed by atoms with Crippen LogP contribution in [0.25, 0.3) is 11.1 Å². The van der Waals surface area contributed by atoms with E-state index >= 15 is 0 Å². The molecule has 0 unspecified atom stereocenters. The van der Waals surface area contributed by atoms with Gasteiger partial charge >= 0.3 is 0 Å². The number of aromatic amines is 1. The monoisotopic (exact) mass is 438 g/mol. The molecule has 0 aliphatic rings. The maximum absolute atomic E-state index is 7.03. The number of allylic oxidation sites excluding steroid dienone is 3. The molecule has 1 heterocycles. The van der Waals surface area contributed by atoms with Gasteiger partial charge in [0.05, 0.1) is 6.04 Å². The van der Waals surface area contributed by atoms with Gasteiger partial charge in [-0.2, -0.15) is 0 Å². The van der Waals surface area contributed by atoms with Crippen LogP contribution in [0.3, 0.4) is 0 Å². The minimum absolute atomic E-state index is 0.237. The zero-order valence-corrected chi connectivity index (χ0v) is 20.9. The van der Waals surface area contributed by atoms with Gasteiger partial charge in [-0.1, -0.05) is 86.2 Å². The van der Waals surface area contributed by atoms with Crippen LogP contribution in [0.15, 0.2) is 84.5 Å². The predicted octanol–water partition coefficient (Wildman–Crippen LogP) is 7.76. The number of rotatable bonds is 8. The second-order valence-electron chi connectivity index (χ2n) is 9.20. The highest BCUT2D eigenvalue weighted by molar-refractivity contribution is 5.79. The molecule has 2 nitrogen and oxygen atoms in total. The van der Waals surface area contributed by atoms with Gasteiger partial charge in [-0.25, -0.2) is 0 Å². The van der Waals surface area contributed by atoms with E-state index in [4.69, 9.17) is 5.73 Å². The summed E-state index contributed by atoms with van der Waals surface area (Å²) in [5, 5.41) is 0. The quantitative estimate of drug-likeness (QED) is 0.347. The Hall–Kier alpha value is -3.10. The average molecular weight is 439 g/mol. The molecule has 1 atom stereocenters. The third kappa shape index (κ3) is 6.03. The van der Waals surface area contributed by atoms with Crippen LogP contribution in [-0.4, -0.2) is 11.0 Å². The third-order valence-electron chi connectivity index (χ3n) is 6.29. The second kappa shape index (κ2) is 11.2. The topological polar surface area (TPSA) is 41.8 Å². The van der Waals surface area contributed by atoms with E-state index in [0.717, 1.165) is 29.0 Å². The molecule has 0 saturated carbocycles. The number of nitrogens with one attached hydrogen (secondary N) is 1. The van der Waals surface area contributed by atoms with E-state index in [9.17, 15) is 0 Å². The number of H-pyrrole nitrogens is 1. The minimum atomic E-state index is -0.237. The highest BCUT2D eigenvalue weighted by Gasteiger charge is 2.18. The molecule has 172 valence electrons. The van der Waals surface area contributed by atoms with Crippen molar-refractivity contribution in [3.8, 4) is 0 Å². The lowest BCUT2D eigenvalue weighted by molar-refractivity contribution is 0.850. The van der Waals surface area contributed by atoms with Crippen LogP contribution in [-0.2, 0) is 6.42 Å². The Morgan fingerprint density at radius 1 is 0.970 bits per heavy atom. The molecule has 3 aromatic rings. The summed E-state index contributed by atoms with van der Waals surface area (Å²) in [5.41, 5.74) is 17.9. The van der Waals surface area contributed by atoms with Gasteiger partial charge in [-0.15, -0.1) is 0 Å². The lowest BCUT2D eigenvalue weighted by Crippen LogP contribution is -2.25. The van der Waals surface area contributed by atoms with Crippen molar-refractivity contribution in [2.24, 2.45) is 5.73 Å². The van der Waals surface area contributed by atoms with E-state index in [1.165, 1.54) is 27.8 Å². The van der Waals surface area contributed by atoms with Gasteiger partial charge in [-0.3, -0.25) is 0 Å². The Balaban J connectivity index is 2.10. The molecular formula is C31H38N2.